The van der Waals surface area contributed by atoms with E-state index >= 15 is 0 Å². The molecular weight excluding hydrogens is 166 g/mol. The van der Waals surface area contributed by atoms with Crippen molar-refractivity contribution in [1.82, 2.24) is 0 Å². The summed E-state index contributed by atoms with van der Waals surface area (Å²) < 4.78 is 8.72. The van der Waals surface area contributed by atoms with E-state index in [9.17, 15) is 0 Å². The summed E-state index contributed by atoms with van der Waals surface area (Å²) in [4.78, 5) is 0. The Morgan fingerprint density at radius 1 is 1.50 bits per heavy atom. The normalized spacial score (nSPS) is 13.3. The van der Waals surface area contributed by atoms with Crippen molar-refractivity contribution < 1.29 is 2.97 Å². The van der Waals surface area contributed by atoms with Gasteiger partial charge in [-0.15, -0.1) is 11.6 Å². The molecule has 0 aromatic carbocycles. The van der Waals surface area contributed by atoms with Gasteiger partial charge in [0.25, 0.3) is 0 Å². The molecule has 4 heteroatoms. The average Bonchev–Trinajstić information content (AvgIpc) is 1.71. The van der Waals surface area contributed by atoms with E-state index in [2.05, 4.69) is 0 Å². The summed E-state index contributed by atoms with van der Waals surface area (Å²) in [5.74, 6) is 0.0394. The van der Waals surface area contributed by atoms with Crippen LogP contribution in [-0.2, 0) is 0 Å². The highest BCUT2D eigenvalue weighted by molar-refractivity contribution is 6.69. The monoisotopic (exact) mass is 170 g/mol. The smallest absolute Gasteiger partial charge is 0.122 e. The fraction of sp³-hybridized carbons (Fsp3) is 1.00. The SMILES string of the molecule is ClCC(Cl)(Cl)Cl.[2H][2H]. The second-order valence-corrected chi connectivity index (χ2v) is 3.53. The van der Waals surface area contributed by atoms with E-state index in [-0.39, 0.29) is 5.88 Å². The van der Waals surface area contributed by atoms with Crippen molar-refractivity contribution in [2.24, 2.45) is 0 Å². The zero-order chi connectivity index (χ0) is 7.21. The second-order valence-electron chi connectivity index (χ2n) is 0.749. The highest BCUT2D eigenvalue weighted by atomic mass is 35.6. The number of halogens is 4. The Kier molecular flexibility index (Phi) is 2.18. The second kappa shape index (κ2) is 2.46. The van der Waals surface area contributed by atoms with Gasteiger partial charge < -0.3 is 0 Å². The average molecular weight is 172 g/mol. The molecular formula is C2H4Cl4. The van der Waals surface area contributed by atoms with Crippen LogP contribution in [0, 0.1) is 0 Å². The zero-order valence-corrected chi connectivity index (χ0v) is 5.74. The van der Waals surface area contributed by atoms with Gasteiger partial charge in [-0.05, 0) is 0 Å². The molecule has 0 N–H and O–H groups in total. The fourth-order valence-electron chi connectivity index (χ4n) is 0. The Bertz CT molecular complexity index is 41.8. The first-order valence-corrected chi connectivity index (χ1v) is 2.86. The van der Waals surface area contributed by atoms with Gasteiger partial charge in [0, 0.05) is 2.97 Å². The van der Waals surface area contributed by atoms with E-state index in [1.165, 1.54) is 0 Å². The van der Waals surface area contributed by atoms with Gasteiger partial charge in [0.1, 0.15) is 0 Å². The molecule has 0 aliphatic carbocycles. The molecule has 0 saturated carbocycles. The summed E-state index contributed by atoms with van der Waals surface area (Å²) >= 11 is 20.4. The van der Waals surface area contributed by atoms with Crippen LogP contribution in [-0.4, -0.2) is 9.67 Å². The maximum absolute atomic E-state index is 5.12. The molecule has 0 saturated heterocycles. The van der Waals surface area contributed by atoms with Crippen LogP contribution in [0.3, 0.4) is 0 Å². The van der Waals surface area contributed by atoms with E-state index in [0.29, 0.717) is 0 Å². The molecule has 0 bridgehead atoms. The highest BCUT2D eigenvalue weighted by Crippen LogP contribution is 2.26. The number of hydrogen-bond acceptors (Lipinski definition) is 0. The van der Waals surface area contributed by atoms with Gasteiger partial charge in [-0.2, -0.15) is 0 Å². The minimum Gasteiger partial charge on any atom is -0.122 e. The molecule has 0 unspecified atom stereocenters. The zero-order valence-electron chi connectivity index (χ0n) is 4.72. The first-order valence-electron chi connectivity index (χ1n) is 2.19. The third-order valence-corrected chi connectivity index (χ3v) is 1.36. The predicted molar refractivity (Wildman–Crippen MR) is 33.1 cm³/mol. The summed E-state index contributed by atoms with van der Waals surface area (Å²) in [6.07, 6.45) is 0. The summed E-state index contributed by atoms with van der Waals surface area (Å²) in [6, 6.07) is 0. The van der Waals surface area contributed by atoms with Crippen molar-refractivity contribution in [3.05, 3.63) is 0 Å². The van der Waals surface area contributed by atoms with Gasteiger partial charge in [0.15, 0.2) is 0 Å². The van der Waals surface area contributed by atoms with Crippen LogP contribution in [0.25, 0.3) is 0 Å². The van der Waals surface area contributed by atoms with Gasteiger partial charge in [0.2, 0.25) is 3.79 Å². The summed E-state index contributed by atoms with van der Waals surface area (Å²) in [7, 11) is 0. The lowest BCUT2D eigenvalue weighted by Gasteiger charge is -2.00. The fourth-order valence-corrected chi connectivity index (χ4v) is 0. The number of rotatable bonds is 0. The molecule has 0 aliphatic rings. The lowest BCUT2D eigenvalue weighted by atomic mass is 10.9. The van der Waals surface area contributed by atoms with Crippen LogP contribution in [0.1, 0.15) is 2.97 Å². The van der Waals surface area contributed by atoms with Crippen molar-refractivity contribution in [3.63, 3.8) is 0 Å². The summed E-state index contributed by atoms with van der Waals surface area (Å²) in [5, 5.41) is 0. The molecule has 0 rings (SSSR count). The first-order chi connectivity index (χ1) is 3.56. The minimum absolute atomic E-state index is 0.0394. The molecule has 0 heterocycles. The van der Waals surface area contributed by atoms with Crippen molar-refractivity contribution in [2.45, 2.75) is 3.79 Å². The van der Waals surface area contributed by atoms with Gasteiger partial charge >= 0.3 is 0 Å². The van der Waals surface area contributed by atoms with Crippen LogP contribution < -0.4 is 0 Å². The Balaban J connectivity index is 0. The standard InChI is InChI=1S/C2H2Cl4.H2/c3-1-2(4,5)6;/h1H2;1H/i;1+1D. The first kappa shape index (κ1) is 5.30. The van der Waals surface area contributed by atoms with Crippen molar-refractivity contribution in [2.75, 3.05) is 5.88 Å². The molecule has 0 atom stereocenters. The third kappa shape index (κ3) is 5.16. The molecule has 6 heavy (non-hydrogen) atoms. The molecule has 0 aliphatic heterocycles. The van der Waals surface area contributed by atoms with E-state index in [0.717, 1.165) is 0 Å². The summed E-state index contributed by atoms with van der Waals surface area (Å²) in [5.41, 5.74) is 0. The van der Waals surface area contributed by atoms with Crippen LogP contribution in [0.4, 0.5) is 0 Å². The van der Waals surface area contributed by atoms with Gasteiger partial charge in [-0.3, -0.25) is 0 Å². The van der Waals surface area contributed by atoms with Gasteiger partial charge in [-0.1, -0.05) is 34.8 Å². The van der Waals surface area contributed by atoms with Crippen LogP contribution >= 0.6 is 46.4 Å². The molecule has 0 amide bonds. The van der Waals surface area contributed by atoms with Gasteiger partial charge in [0.05, 0.1) is 5.88 Å². The van der Waals surface area contributed by atoms with Crippen molar-refractivity contribution in [1.29, 1.82) is 0 Å². The molecule has 0 spiro atoms. The van der Waals surface area contributed by atoms with Crippen LogP contribution in [0.2, 0.25) is 0 Å². The molecule has 0 aromatic heterocycles. The third-order valence-electron chi connectivity index (χ3n) is 0.152. The Morgan fingerprint density at radius 3 is 1.67 bits per heavy atom. The topological polar surface area (TPSA) is 0 Å². The predicted octanol–water partition coefficient (Wildman–Crippen LogP) is 2.84. The van der Waals surface area contributed by atoms with Gasteiger partial charge in [-0.25, -0.2) is 0 Å². The Labute approximate surface area is 59.4 Å². The molecule has 0 aromatic rings. The van der Waals surface area contributed by atoms with E-state index in [1.54, 1.807) is 0 Å². The van der Waals surface area contributed by atoms with E-state index in [1.807, 2.05) is 0 Å². The van der Waals surface area contributed by atoms with E-state index in [4.69, 9.17) is 49.4 Å². The molecule has 40 valence electrons. The molecule has 0 nitrogen and oxygen atoms in total. The lowest BCUT2D eigenvalue weighted by molar-refractivity contribution is 1.28. The minimum atomic E-state index is -1.28. The van der Waals surface area contributed by atoms with Crippen molar-refractivity contribution >= 4 is 46.4 Å². The van der Waals surface area contributed by atoms with Crippen LogP contribution in [0.15, 0.2) is 0 Å². The van der Waals surface area contributed by atoms with Crippen LogP contribution in [0.5, 0.6) is 0 Å². The quantitative estimate of drug-likeness (QED) is 0.492. The van der Waals surface area contributed by atoms with E-state index < -0.39 is 3.79 Å². The molecule has 0 fully saturated rings. The number of hydrogen-bond donors (Lipinski definition) is 0. The number of alkyl halides is 4. The maximum atomic E-state index is 5.12. The largest absolute Gasteiger partial charge is 0.203 e. The Hall–Kier alpha value is 1.16. The van der Waals surface area contributed by atoms with Crippen molar-refractivity contribution in [3.8, 4) is 0 Å². The summed E-state index contributed by atoms with van der Waals surface area (Å²) in [6.45, 7) is 0. The Morgan fingerprint density at radius 2 is 1.67 bits per heavy atom. The highest BCUT2D eigenvalue weighted by Gasteiger charge is 2.16. The molecule has 0 radical (unpaired) electrons. The lowest BCUT2D eigenvalue weighted by Crippen LogP contribution is -2.01. The maximum Gasteiger partial charge on any atom is 0.203 e.